The molecule has 0 spiro atoms. The fraction of sp³-hybridized carbons (Fsp3) is 0.529. The first-order chi connectivity index (χ1) is 11.5. The van der Waals surface area contributed by atoms with Crippen LogP contribution in [0.5, 0.6) is 0 Å². The molecule has 2 heterocycles. The molecule has 0 radical (unpaired) electrons. The average Bonchev–Trinajstić information content (AvgIpc) is 3.01. The lowest BCUT2D eigenvalue weighted by Gasteiger charge is -2.35. The van der Waals surface area contributed by atoms with E-state index in [1.165, 1.54) is 0 Å². The molecule has 7 nitrogen and oxygen atoms in total. The molecule has 2 aliphatic heterocycles. The molecule has 3 rings (SSSR count). The zero-order valence-electron chi connectivity index (χ0n) is 14.3. The van der Waals surface area contributed by atoms with E-state index in [9.17, 15) is 14.7 Å². The lowest BCUT2D eigenvalue weighted by atomic mass is 10.1. The Hall–Kier alpha value is -1.83. The van der Waals surface area contributed by atoms with Crippen molar-refractivity contribution in [2.24, 2.45) is 0 Å². The molecule has 3 amide bonds. The van der Waals surface area contributed by atoms with Gasteiger partial charge in [0.2, 0.25) is 5.91 Å². The molecule has 3 N–H and O–H groups in total. The Labute approximate surface area is 153 Å². The standard InChI is InChI=1S/C17H24N4O3.ClH/c1-12-3-2-4-13(9-12)19-17(24)21-7-5-20(6-8-21)16(23)15-10-14(22)11-18-15;/h2-4,9,14-15,18,22H,5-8,10-11H2,1H3,(H,19,24);1H. The number of aliphatic hydroxyl groups excluding tert-OH is 1. The molecule has 2 saturated heterocycles. The summed E-state index contributed by atoms with van der Waals surface area (Å²) in [6, 6.07) is 7.24. The predicted octanol–water partition coefficient (Wildman–Crippen LogP) is 0.816. The van der Waals surface area contributed by atoms with Crippen molar-refractivity contribution in [3.05, 3.63) is 29.8 Å². The number of aryl methyl sites for hydroxylation is 1. The molecule has 2 atom stereocenters. The molecule has 8 heteroatoms. The third-order valence-corrected chi connectivity index (χ3v) is 4.55. The number of aliphatic hydroxyl groups is 1. The van der Waals surface area contributed by atoms with Crippen LogP contribution in [0, 0.1) is 6.92 Å². The molecule has 2 unspecified atom stereocenters. The molecule has 0 aliphatic carbocycles. The van der Waals surface area contributed by atoms with Crippen molar-refractivity contribution in [3.8, 4) is 0 Å². The Bertz CT molecular complexity index is 620. The van der Waals surface area contributed by atoms with Gasteiger partial charge in [-0.05, 0) is 31.0 Å². The van der Waals surface area contributed by atoms with E-state index in [4.69, 9.17) is 0 Å². The third-order valence-electron chi connectivity index (χ3n) is 4.55. The predicted molar refractivity (Wildman–Crippen MR) is 98.0 cm³/mol. The lowest BCUT2D eigenvalue weighted by Crippen LogP contribution is -2.54. The molecule has 1 aromatic rings. The Morgan fingerprint density at radius 2 is 1.88 bits per heavy atom. The quantitative estimate of drug-likeness (QED) is 0.721. The number of amides is 3. The molecule has 25 heavy (non-hydrogen) atoms. The van der Waals surface area contributed by atoms with Gasteiger partial charge < -0.3 is 25.5 Å². The van der Waals surface area contributed by atoms with E-state index >= 15 is 0 Å². The van der Waals surface area contributed by atoms with Crippen LogP contribution in [0.4, 0.5) is 10.5 Å². The number of rotatable bonds is 2. The summed E-state index contributed by atoms with van der Waals surface area (Å²) < 4.78 is 0. The van der Waals surface area contributed by atoms with Crippen LogP contribution in [-0.2, 0) is 4.79 Å². The van der Waals surface area contributed by atoms with Crippen molar-refractivity contribution in [1.29, 1.82) is 0 Å². The number of nitrogens with one attached hydrogen (secondary N) is 2. The van der Waals surface area contributed by atoms with Crippen LogP contribution in [0.3, 0.4) is 0 Å². The maximum Gasteiger partial charge on any atom is 0.321 e. The zero-order valence-corrected chi connectivity index (χ0v) is 15.1. The fourth-order valence-corrected chi connectivity index (χ4v) is 3.18. The summed E-state index contributed by atoms with van der Waals surface area (Å²) in [6.45, 7) is 4.52. The van der Waals surface area contributed by atoms with Gasteiger partial charge in [0.05, 0.1) is 12.1 Å². The van der Waals surface area contributed by atoms with Gasteiger partial charge in [-0.3, -0.25) is 4.79 Å². The van der Waals surface area contributed by atoms with Crippen LogP contribution >= 0.6 is 12.4 Å². The van der Waals surface area contributed by atoms with Gasteiger partial charge in [0.25, 0.3) is 0 Å². The van der Waals surface area contributed by atoms with Crippen LogP contribution in [0.25, 0.3) is 0 Å². The smallest absolute Gasteiger partial charge is 0.321 e. The van der Waals surface area contributed by atoms with Crippen molar-refractivity contribution in [1.82, 2.24) is 15.1 Å². The van der Waals surface area contributed by atoms with Gasteiger partial charge in [0.15, 0.2) is 0 Å². The summed E-state index contributed by atoms with van der Waals surface area (Å²) in [5.41, 5.74) is 1.87. The number of carbonyl (C=O) groups is 2. The summed E-state index contributed by atoms with van der Waals surface area (Å²) in [5, 5.41) is 15.5. The van der Waals surface area contributed by atoms with E-state index < -0.39 is 6.10 Å². The summed E-state index contributed by atoms with van der Waals surface area (Å²) in [4.78, 5) is 28.2. The van der Waals surface area contributed by atoms with E-state index in [1.54, 1.807) is 9.80 Å². The first kappa shape index (κ1) is 19.5. The Balaban J connectivity index is 0.00000225. The summed E-state index contributed by atoms with van der Waals surface area (Å²) in [7, 11) is 0. The number of carbonyl (C=O) groups excluding carboxylic acids is 2. The minimum absolute atomic E-state index is 0. The number of β-amino-alcohol motifs (C(OH)–C–C–N with tert-alkyl or cyclic N) is 1. The normalized spacial score (nSPS) is 23.1. The highest BCUT2D eigenvalue weighted by Gasteiger charge is 2.33. The molecule has 0 aromatic heterocycles. The molecule has 138 valence electrons. The van der Waals surface area contributed by atoms with Crippen LogP contribution < -0.4 is 10.6 Å². The number of nitrogens with zero attached hydrogens (tertiary/aromatic N) is 2. The highest BCUT2D eigenvalue weighted by atomic mass is 35.5. The maximum absolute atomic E-state index is 12.4. The highest BCUT2D eigenvalue weighted by molar-refractivity contribution is 5.89. The number of hydrogen-bond donors (Lipinski definition) is 3. The minimum Gasteiger partial charge on any atom is -0.392 e. The Kier molecular flexibility index (Phi) is 6.64. The highest BCUT2D eigenvalue weighted by Crippen LogP contribution is 2.14. The largest absolute Gasteiger partial charge is 0.392 e. The molecule has 0 bridgehead atoms. The van der Waals surface area contributed by atoms with Crippen molar-refractivity contribution >= 4 is 30.0 Å². The number of piperazine rings is 1. The summed E-state index contributed by atoms with van der Waals surface area (Å²) in [6.07, 6.45) is 0.0210. The summed E-state index contributed by atoms with van der Waals surface area (Å²) >= 11 is 0. The van der Waals surface area contributed by atoms with Crippen LogP contribution in [0.15, 0.2) is 24.3 Å². The number of anilines is 1. The molecule has 2 aliphatic rings. The maximum atomic E-state index is 12.4. The third kappa shape index (κ3) is 4.84. The number of benzene rings is 1. The summed E-state index contributed by atoms with van der Waals surface area (Å²) in [5.74, 6) is 0.0188. The second-order valence-corrected chi connectivity index (χ2v) is 6.46. The molecular formula is C17H25ClN4O3. The SMILES string of the molecule is Cc1cccc(NC(=O)N2CCN(C(=O)C3CC(O)CN3)CC2)c1.Cl. The van der Waals surface area contributed by atoms with Gasteiger partial charge in [-0.25, -0.2) is 4.79 Å². The molecule has 2 fully saturated rings. The number of halogens is 1. The average molecular weight is 369 g/mol. The molecular weight excluding hydrogens is 344 g/mol. The Morgan fingerprint density at radius 1 is 1.20 bits per heavy atom. The Morgan fingerprint density at radius 3 is 2.48 bits per heavy atom. The topological polar surface area (TPSA) is 84.9 Å². The number of urea groups is 1. The van der Waals surface area contributed by atoms with E-state index in [0.29, 0.717) is 39.1 Å². The monoisotopic (exact) mass is 368 g/mol. The van der Waals surface area contributed by atoms with Gasteiger partial charge in [0, 0.05) is 38.4 Å². The molecule has 0 saturated carbocycles. The van der Waals surface area contributed by atoms with Crippen LogP contribution in [0.2, 0.25) is 0 Å². The van der Waals surface area contributed by atoms with Crippen molar-refractivity contribution in [2.45, 2.75) is 25.5 Å². The molecule has 1 aromatic carbocycles. The number of hydrogen-bond acceptors (Lipinski definition) is 4. The minimum atomic E-state index is -0.444. The van der Waals surface area contributed by atoms with Gasteiger partial charge in [0.1, 0.15) is 0 Å². The van der Waals surface area contributed by atoms with Gasteiger partial charge >= 0.3 is 6.03 Å². The van der Waals surface area contributed by atoms with E-state index in [1.807, 2.05) is 31.2 Å². The lowest BCUT2D eigenvalue weighted by molar-refractivity contribution is -0.134. The fourth-order valence-electron chi connectivity index (χ4n) is 3.18. The second kappa shape index (κ2) is 8.51. The van der Waals surface area contributed by atoms with Crippen molar-refractivity contribution in [2.75, 3.05) is 38.0 Å². The van der Waals surface area contributed by atoms with Gasteiger partial charge in [-0.15, -0.1) is 12.4 Å². The van der Waals surface area contributed by atoms with Crippen LogP contribution in [0.1, 0.15) is 12.0 Å². The zero-order chi connectivity index (χ0) is 17.1. The first-order valence-electron chi connectivity index (χ1n) is 8.36. The van der Waals surface area contributed by atoms with Gasteiger partial charge in [-0.1, -0.05) is 12.1 Å². The van der Waals surface area contributed by atoms with Crippen molar-refractivity contribution in [3.63, 3.8) is 0 Å². The van der Waals surface area contributed by atoms with Crippen molar-refractivity contribution < 1.29 is 14.7 Å². The van der Waals surface area contributed by atoms with E-state index in [-0.39, 0.29) is 30.4 Å². The van der Waals surface area contributed by atoms with Crippen LogP contribution in [-0.4, -0.2) is 71.7 Å². The first-order valence-corrected chi connectivity index (χ1v) is 8.36. The van der Waals surface area contributed by atoms with E-state index in [2.05, 4.69) is 10.6 Å². The second-order valence-electron chi connectivity index (χ2n) is 6.46. The van der Waals surface area contributed by atoms with E-state index in [0.717, 1.165) is 11.3 Å². The van der Waals surface area contributed by atoms with Gasteiger partial charge in [-0.2, -0.15) is 0 Å².